The molecule has 106 valence electrons. The molecule has 22 heavy (non-hydrogen) atoms. The molecule has 1 heteroatoms. The molecule has 0 radical (unpaired) electrons. The average molecular weight is 300 g/mol. The molecule has 0 amide bonds. The molecule has 0 aromatic heterocycles. The molecule has 0 aliphatic rings. The highest BCUT2D eigenvalue weighted by atomic mass is 31.1. The van der Waals surface area contributed by atoms with E-state index in [9.17, 15) is 0 Å². The van der Waals surface area contributed by atoms with Gasteiger partial charge in [0.1, 0.15) is 0 Å². The molecule has 0 heterocycles. The van der Waals surface area contributed by atoms with Crippen LogP contribution < -0.4 is 10.6 Å². The maximum absolute atomic E-state index is 2.37. The molecule has 4 rings (SSSR count). The number of hydrogen-bond acceptors (Lipinski definition) is 0. The van der Waals surface area contributed by atoms with Crippen LogP contribution in [0.3, 0.4) is 0 Å². The molecule has 0 saturated heterocycles. The van der Waals surface area contributed by atoms with Crippen LogP contribution in [0.15, 0.2) is 84.9 Å². The lowest BCUT2D eigenvalue weighted by molar-refractivity contribution is 1.77. The van der Waals surface area contributed by atoms with Crippen LogP contribution in [0.25, 0.3) is 21.5 Å². The normalized spacial score (nSPS) is 11.4. The summed E-state index contributed by atoms with van der Waals surface area (Å²) in [5, 5.41) is 8.34. The quantitative estimate of drug-likeness (QED) is 0.454. The molecule has 0 spiro atoms. The van der Waals surface area contributed by atoms with Crippen molar-refractivity contribution in [3.05, 3.63) is 84.9 Å². The van der Waals surface area contributed by atoms with E-state index in [1.165, 1.54) is 32.2 Å². The summed E-state index contributed by atoms with van der Waals surface area (Å²) in [4.78, 5) is 0. The zero-order valence-corrected chi connectivity index (χ0v) is 13.4. The molecule has 0 saturated carbocycles. The Kier molecular flexibility index (Phi) is 3.41. The van der Waals surface area contributed by atoms with Gasteiger partial charge in [-0.05, 0) is 46.7 Å². The van der Waals surface area contributed by atoms with E-state index in [4.69, 9.17) is 0 Å². The lowest BCUT2D eigenvalue weighted by Gasteiger charge is -2.18. The van der Waals surface area contributed by atoms with Crippen molar-refractivity contribution in [3.63, 3.8) is 0 Å². The summed E-state index contributed by atoms with van der Waals surface area (Å²) in [5.74, 6) is 0. The summed E-state index contributed by atoms with van der Waals surface area (Å²) in [6.07, 6.45) is 0. The lowest BCUT2D eigenvalue weighted by Crippen LogP contribution is -2.12. The Labute approximate surface area is 132 Å². The van der Waals surface area contributed by atoms with Crippen molar-refractivity contribution in [2.45, 2.75) is 0 Å². The molecule has 0 unspecified atom stereocenters. The summed E-state index contributed by atoms with van der Waals surface area (Å²) < 4.78 is 0. The minimum absolute atomic E-state index is 0.370. The van der Waals surface area contributed by atoms with Crippen LogP contribution in [0.1, 0.15) is 0 Å². The first kappa shape index (κ1) is 13.5. The van der Waals surface area contributed by atoms with Crippen molar-refractivity contribution in [2.24, 2.45) is 0 Å². The molecule has 0 bridgehead atoms. The van der Waals surface area contributed by atoms with Crippen molar-refractivity contribution < 1.29 is 0 Å². The first-order chi connectivity index (χ1) is 10.8. The highest BCUT2D eigenvalue weighted by molar-refractivity contribution is 7.73. The maximum Gasteiger partial charge on any atom is -0.0104 e. The zero-order valence-electron chi connectivity index (χ0n) is 12.5. The van der Waals surface area contributed by atoms with Crippen LogP contribution in [0.5, 0.6) is 0 Å². The smallest absolute Gasteiger partial charge is 0.0104 e. The molecule has 4 aromatic rings. The predicted molar refractivity (Wildman–Crippen MR) is 100 cm³/mol. The average Bonchev–Trinajstić information content (AvgIpc) is 2.60. The van der Waals surface area contributed by atoms with E-state index in [1.54, 1.807) is 0 Å². The van der Waals surface area contributed by atoms with Crippen LogP contribution in [-0.4, -0.2) is 6.66 Å². The van der Waals surface area contributed by atoms with Crippen LogP contribution in [0.4, 0.5) is 0 Å². The van der Waals surface area contributed by atoms with Gasteiger partial charge >= 0.3 is 0 Å². The second kappa shape index (κ2) is 5.55. The SMILES string of the molecule is CP(c1cccc2ccccc12)c1cccc2ccccc12. The van der Waals surface area contributed by atoms with Gasteiger partial charge in [-0.3, -0.25) is 0 Å². The summed E-state index contributed by atoms with van der Waals surface area (Å²) in [5.41, 5.74) is 0. The topological polar surface area (TPSA) is 0 Å². The first-order valence-electron chi connectivity index (χ1n) is 7.54. The van der Waals surface area contributed by atoms with Crippen molar-refractivity contribution in [3.8, 4) is 0 Å². The summed E-state index contributed by atoms with van der Waals surface area (Å²) in [6.45, 7) is 2.37. The van der Waals surface area contributed by atoms with Gasteiger partial charge in [0.25, 0.3) is 0 Å². The molecule has 4 aromatic carbocycles. The Hall–Kier alpha value is -2.17. The molecule has 0 fully saturated rings. The zero-order chi connectivity index (χ0) is 14.9. The Morgan fingerprint density at radius 2 is 0.909 bits per heavy atom. The molecular formula is C21H17P. The summed E-state index contributed by atoms with van der Waals surface area (Å²) in [6, 6.07) is 30.7. The third-order valence-electron chi connectivity index (χ3n) is 4.26. The molecule has 0 N–H and O–H groups in total. The number of fused-ring (bicyclic) bond motifs is 2. The van der Waals surface area contributed by atoms with Gasteiger partial charge in [-0.25, -0.2) is 0 Å². The molecule has 0 aliphatic carbocycles. The van der Waals surface area contributed by atoms with E-state index in [1.807, 2.05) is 0 Å². The van der Waals surface area contributed by atoms with Crippen LogP contribution in [0, 0.1) is 0 Å². The van der Waals surface area contributed by atoms with Gasteiger partial charge in [-0.15, -0.1) is 0 Å². The van der Waals surface area contributed by atoms with Crippen molar-refractivity contribution in [1.29, 1.82) is 0 Å². The molecule has 0 nitrogen and oxygen atoms in total. The van der Waals surface area contributed by atoms with Crippen molar-refractivity contribution >= 4 is 40.1 Å². The number of hydrogen-bond donors (Lipinski definition) is 0. The van der Waals surface area contributed by atoms with Gasteiger partial charge in [-0.1, -0.05) is 84.9 Å². The van der Waals surface area contributed by atoms with Crippen LogP contribution >= 0.6 is 7.92 Å². The third kappa shape index (κ3) is 2.21. The molecule has 0 atom stereocenters. The summed E-state index contributed by atoms with van der Waals surface area (Å²) >= 11 is 0. The van der Waals surface area contributed by atoms with Gasteiger partial charge in [0.2, 0.25) is 0 Å². The number of benzene rings is 4. The molecule has 0 aliphatic heterocycles. The van der Waals surface area contributed by atoms with E-state index in [0.717, 1.165) is 0 Å². The highest BCUT2D eigenvalue weighted by Crippen LogP contribution is 2.34. The fourth-order valence-corrected chi connectivity index (χ4v) is 5.14. The third-order valence-corrected chi connectivity index (χ3v) is 6.48. The fourth-order valence-electron chi connectivity index (χ4n) is 3.13. The van der Waals surface area contributed by atoms with Gasteiger partial charge in [-0.2, -0.15) is 0 Å². The van der Waals surface area contributed by atoms with Crippen molar-refractivity contribution in [1.82, 2.24) is 0 Å². The monoisotopic (exact) mass is 300 g/mol. The minimum atomic E-state index is -0.370. The van der Waals surface area contributed by atoms with E-state index >= 15 is 0 Å². The van der Waals surface area contributed by atoms with E-state index in [0.29, 0.717) is 0 Å². The fraction of sp³-hybridized carbons (Fsp3) is 0.0476. The second-order valence-electron chi connectivity index (χ2n) is 5.56. The Bertz CT molecular complexity index is 866. The van der Waals surface area contributed by atoms with Crippen LogP contribution in [-0.2, 0) is 0 Å². The number of rotatable bonds is 2. The Balaban J connectivity index is 1.94. The van der Waals surface area contributed by atoms with E-state index < -0.39 is 0 Å². The van der Waals surface area contributed by atoms with Gasteiger partial charge in [0.15, 0.2) is 0 Å². The Morgan fingerprint density at radius 3 is 1.41 bits per heavy atom. The first-order valence-corrected chi connectivity index (χ1v) is 9.33. The highest BCUT2D eigenvalue weighted by Gasteiger charge is 2.13. The minimum Gasteiger partial charge on any atom is -0.0616 e. The second-order valence-corrected chi connectivity index (χ2v) is 7.64. The van der Waals surface area contributed by atoms with Gasteiger partial charge < -0.3 is 0 Å². The van der Waals surface area contributed by atoms with E-state index in [-0.39, 0.29) is 7.92 Å². The maximum atomic E-state index is 2.37. The van der Waals surface area contributed by atoms with Gasteiger partial charge in [0.05, 0.1) is 0 Å². The van der Waals surface area contributed by atoms with Crippen LogP contribution in [0.2, 0.25) is 0 Å². The predicted octanol–water partition coefficient (Wildman–Crippen LogP) is 5.06. The molecular weight excluding hydrogens is 283 g/mol. The largest absolute Gasteiger partial charge is 0.0616 e. The standard InChI is InChI=1S/C21H17P/c1-22(20-14-6-10-16-8-2-4-12-18(16)20)21-15-7-11-17-9-3-5-13-19(17)21/h2-15H,1H3. The Morgan fingerprint density at radius 1 is 0.500 bits per heavy atom. The van der Waals surface area contributed by atoms with E-state index in [2.05, 4.69) is 91.6 Å². The summed E-state index contributed by atoms with van der Waals surface area (Å²) in [7, 11) is -0.370. The lowest BCUT2D eigenvalue weighted by atomic mass is 10.1. The van der Waals surface area contributed by atoms with Crippen molar-refractivity contribution in [2.75, 3.05) is 6.66 Å². The van der Waals surface area contributed by atoms with Gasteiger partial charge in [0, 0.05) is 0 Å².